The van der Waals surface area contributed by atoms with E-state index in [4.69, 9.17) is 4.74 Å². The first-order chi connectivity index (χ1) is 9.74. The third kappa shape index (κ3) is 5.19. The minimum absolute atomic E-state index is 0.354. The smallest absolute Gasteiger partial charge is 0.407 e. The number of piperidine rings is 1. The van der Waals surface area contributed by atoms with Gasteiger partial charge in [0.2, 0.25) is 0 Å². The molecule has 1 amide bonds. The van der Waals surface area contributed by atoms with E-state index in [0.717, 1.165) is 19.0 Å². The Hall–Kier alpha value is -1.30. The van der Waals surface area contributed by atoms with Crippen molar-refractivity contribution in [3.63, 3.8) is 0 Å². The molecule has 2 atom stereocenters. The predicted octanol–water partition coefficient (Wildman–Crippen LogP) is 1.70. The van der Waals surface area contributed by atoms with E-state index < -0.39 is 23.6 Å². The van der Waals surface area contributed by atoms with Gasteiger partial charge in [0.25, 0.3) is 0 Å². The molecule has 6 nitrogen and oxygen atoms in total. The van der Waals surface area contributed by atoms with Gasteiger partial charge in [-0.3, -0.25) is 4.79 Å². The van der Waals surface area contributed by atoms with Gasteiger partial charge < -0.3 is 20.1 Å². The summed E-state index contributed by atoms with van der Waals surface area (Å²) in [6.45, 7) is 7.70. The second-order valence-corrected chi connectivity index (χ2v) is 7.19. The van der Waals surface area contributed by atoms with Crippen molar-refractivity contribution in [2.75, 3.05) is 19.6 Å². The Bertz CT molecular complexity index is 401. The maximum atomic E-state index is 11.8. The van der Waals surface area contributed by atoms with E-state index in [1.54, 1.807) is 20.8 Å². The molecular formula is C15H26N2O4. The SMILES string of the molecule is CC(C)(C)OC(=O)NC1CCN(CC2CC2)CC1C(=O)O. The number of alkyl carbamates (subject to hydrolysis) is 1. The minimum atomic E-state index is -0.850. The van der Waals surface area contributed by atoms with Gasteiger partial charge in [-0.15, -0.1) is 0 Å². The van der Waals surface area contributed by atoms with Crippen LogP contribution in [0.4, 0.5) is 4.79 Å². The van der Waals surface area contributed by atoms with E-state index in [1.165, 1.54) is 12.8 Å². The molecule has 0 bridgehead atoms. The summed E-state index contributed by atoms with van der Waals surface area (Å²) in [6, 6.07) is -0.354. The Morgan fingerprint density at radius 1 is 1.29 bits per heavy atom. The van der Waals surface area contributed by atoms with Crippen LogP contribution >= 0.6 is 0 Å². The molecule has 0 aromatic carbocycles. The molecule has 0 spiro atoms. The highest BCUT2D eigenvalue weighted by molar-refractivity contribution is 5.74. The summed E-state index contributed by atoms with van der Waals surface area (Å²) in [5.74, 6) is -0.670. The Morgan fingerprint density at radius 3 is 2.48 bits per heavy atom. The number of amides is 1. The lowest BCUT2D eigenvalue weighted by Gasteiger charge is -2.37. The molecule has 1 heterocycles. The molecule has 0 aromatic rings. The highest BCUT2D eigenvalue weighted by atomic mass is 16.6. The van der Waals surface area contributed by atoms with Crippen molar-refractivity contribution >= 4 is 12.1 Å². The van der Waals surface area contributed by atoms with Gasteiger partial charge in [-0.1, -0.05) is 0 Å². The number of hydrogen-bond acceptors (Lipinski definition) is 4. The molecule has 2 rings (SSSR count). The quantitative estimate of drug-likeness (QED) is 0.826. The summed E-state index contributed by atoms with van der Waals surface area (Å²) in [5, 5.41) is 12.1. The van der Waals surface area contributed by atoms with Crippen molar-refractivity contribution in [3.05, 3.63) is 0 Å². The summed E-state index contributed by atoms with van der Waals surface area (Å²) >= 11 is 0. The van der Waals surface area contributed by atoms with Crippen LogP contribution in [-0.4, -0.2) is 53.3 Å². The van der Waals surface area contributed by atoms with Gasteiger partial charge in [0.1, 0.15) is 5.60 Å². The van der Waals surface area contributed by atoms with E-state index >= 15 is 0 Å². The first-order valence-corrected chi connectivity index (χ1v) is 7.69. The van der Waals surface area contributed by atoms with Crippen molar-refractivity contribution in [2.45, 2.75) is 51.7 Å². The van der Waals surface area contributed by atoms with Crippen LogP contribution in [0.25, 0.3) is 0 Å². The van der Waals surface area contributed by atoms with Crippen LogP contribution in [0.2, 0.25) is 0 Å². The first kappa shape index (κ1) is 16.1. The molecule has 2 unspecified atom stereocenters. The number of likely N-dealkylation sites (tertiary alicyclic amines) is 1. The average molecular weight is 298 g/mol. The standard InChI is InChI=1S/C15H26N2O4/c1-15(2,3)21-14(20)16-12-6-7-17(8-10-4-5-10)9-11(12)13(18)19/h10-12H,4-9H2,1-3H3,(H,16,20)(H,18,19). The number of carbonyl (C=O) groups is 2. The average Bonchev–Trinajstić information content (AvgIpc) is 3.12. The summed E-state index contributed by atoms with van der Waals surface area (Å²) in [7, 11) is 0. The summed E-state index contributed by atoms with van der Waals surface area (Å²) in [6.07, 6.45) is 2.64. The fraction of sp³-hybridized carbons (Fsp3) is 0.867. The third-order valence-corrected chi connectivity index (χ3v) is 3.93. The zero-order valence-electron chi connectivity index (χ0n) is 13.1. The van der Waals surface area contributed by atoms with Gasteiger partial charge in [-0.25, -0.2) is 4.79 Å². The van der Waals surface area contributed by atoms with Crippen LogP contribution in [0.5, 0.6) is 0 Å². The predicted molar refractivity (Wildman–Crippen MR) is 78.1 cm³/mol. The lowest BCUT2D eigenvalue weighted by atomic mass is 9.92. The highest BCUT2D eigenvalue weighted by Crippen LogP contribution is 2.31. The number of carboxylic acids is 1. The van der Waals surface area contributed by atoms with Crippen molar-refractivity contribution in [1.82, 2.24) is 10.2 Å². The first-order valence-electron chi connectivity index (χ1n) is 7.69. The van der Waals surface area contributed by atoms with E-state index in [-0.39, 0.29) is 6.04 Å². The number of rotatable bonds is 4. The molecule has 6 heteroatoms. The van der Waals surface area contributed by atoms with Crippen molar-refractivity contribution in [1.29, 1.82) is 0 Å². The fourth-order valence-corrected chi connectivity index (χ4v) is 2.73. The number of carboxylic acid groups (broad SMARTS) is 1. The maximum Gasteiger partial charge on any atom is 0.407 e. The molecule has 2 fully saturated rings. The highest BCUT2D eigenvalue weighted by Gasteiger charge is 2.37. The van der Waals surface area contributed by atoms with E-state index in [9.17, 15) is 14.7 Å². The Labute approximate surface area is 125 Å². The number of hydrogen-bond donors (Lipinski definition) is 2. The van der Waals surface area contributed by atoms with Crippen LogP contribution in [0, 0.1) is 11.8 Å². The second kappa shape index (κ2) is 6.22. The van der Waals surface area contributed by atoms with Crippen molar-refractivity contribution < 1.29 is 19.4 Å². The Kier molecular flexibility index (Phi) is 4.76. The van der Waals surface area contributed by atoms with Crippen LogP contribution in [0.1, 0.15) is 40.0 Å². The van der Waals surface area contributed by atoms with Gasteiger partial charge in [0, 0.05) is 25.7 Å². The summed E-state index contributed by atoms with van der Waals surface area (Å²) < 4.78 is 5.21. The van der Waals surface area contributed by atoms with Crippen molar-refractivity contribution in [2.24, 2.45) is 11.8 Å². The molecule has 1 aliphatic heterocycles. The third-order valence-electron chi connectivity index (χ3n) is 3.93. The van der Waals surface area contributed by atoms with Crippen molar-refractivity contribution in [3.8, 4) is 0 Å². The van der Waals surface area contributed by atoms with Crippen LogP contribution < -0.4 is 5.32 Å². The molecule has 0 radical (unpaired) electrons. The zero-order valence-corrected chi connectivity index (χ0v) is 13.1. The van der Waals surface area contributed by atoms with Crippen LogP contribution in [0.3, 0.4) is 0 Å². The monoisotopic (exact) mass is 298 g/mol. The number of ether oxygens (including phenoxy) is 1. The van der Waals surface area contributed by atoms with Gasteiger partial charge in [-0.2, -0.15) is 0 Å². The van der Waals surface area contributed by atoms with Gasteiger partial charge in [-0.05, 0) is 46.0 Å². The summed E-state index contributed by atoms with van der Waals surface area (Å²) in [4.78, 5) is 25.5. The minimum Gasteiger partial charge on any atom is -0.481 e. The number of carbonyl (C=O) groups excluding carboxylic acids is 1. The largest absolute Gasteiger partial charge is 0.481 e. The molecule has 1 aliphatic carbocycles. The Morgan fingerprint density at radius 2 is 1.95 bits per heavy atom. The number of aliphatic carboxylic acids is 1. The molecular weight excluding hydrogens is 272 g/mol. The zero-order chi connectivity index (χ0) is 15.6. The summed E-state index contributed by atoms with van der Waals surface area (Å²) in [5.41, 5.74) is -0.574. The Balaban J connectivity index is 1.88. The fourth-order valence-electron chi connectivity index (χ4n) is 2.73. The number of nitrogens with zero attached hydrogens (tertiary/aromatic N) is 1. The molecule has 1 saturated carbocycles. The van der Waals surface area contributed by atoms with E-state index in [2.05, 4.69) is 10.2 Å². The van der Waals surface area contributed by atoms with E-state index in [1.807, 2.05) is 0 Å². The molecule has 2 N–H and O–H groups in total. The van der Waals surface area contributed by atoms with Gasteiger partial charge in [0.15, 0.2) is 0 Å². The van der Waals surface area contributed by atoms with Gasteiger partial charge >= 0.3 is 12.1 Å². The lowest BCUT2D eigenvalue weighted by Crippen LogP contribution is -2.54. The molecule has 21 heavy (non-hydrogen) atoms. The molecule has 1 saturated heterocycles. The second-order valence-electron chi connectivity index (χ2n) is 7.19. The molecule has 0 aromatic heterocycles. The van der Waals surface area contributed by atoms with Crippen LogP contribution in [-0.2, 0) is 9.53 Å². The molecule has 120 valence electrons. The normalized spacial score (nSPS) is 27.2. The van der Waals surface area contributed by atoms with E-state index in [0.29, 0.717) is 13.0 Å². The maximum absolute atomic E-state index is 11.8. The van der Waals surface area contributed by atoms with Crippen LogP contribution in [0.15, 0.2) is 0 Å². The molecule has 2 aliphatic rings. The topological polar surface area (TPSA) is 78.9 Å². The van der Waals surface area contributed by atoms with Gasteiger partial charge in [0.05, 0.1) is 5.92 Å². The lowest BCUT2D eigenvalue weighted by molar-refractivity contribution is -0.144. The number of nitrogens with one attached hydrogen (secondary N) is 1.